The summed E-state index contributed by atoms with van der Waals surface area (Å²) in [5.74, 6) is -0.548. The lowest BCUT2D eigenvalue weighted by atomic mass is 10.1. The van der Waals surface area contributed by atoms with E-state index in [4.69, 9.17) is 0 Å². The Labute approximate surface area is 187 Å². The summed E-state index contributed by atoms with van der Waals surface area (Å²) in [5, 5.41) is 2.77. The maximum absolute atomic E-state index is 13.1. The van der Waals surface area contributed by atoms with E-state index in [0.717, 1.165) is 11.1 Å². The van der Waals surface area contributed by atoms with Crippen molar-refractivity contribution in [3.8, 4) is 0 Å². The predicted octanol–water partition coefficient (Wildman–Crippen LogP) is 3.56. The Balaban J connectivity index is 1.58. The number of anilines is 3. The first kappa shape index (κ1) is 21.6. The molecular weight excluding hydrogens is 426 g/mol. The molecule has 0 spiro atoms. The number of carbonyl (C=O) groups is 2. The molecule has 0 saturated carbocycles. The van der Waals surface area contributed by atoms with Gasteiger partial charge in [0.25, 0.3) is 5.91 Å². The van der Waals surface area contributed by atoms with Crippen LogP contribution < -0.4 is 14.5 Å². The van der Waals surface area contributed by atoms with Gasteiger partial charge in [0.2, 0.25) is 15.9 Å². The molecule has 3 aromatic carbocycles. The lowest BCUT2D eigenvalue weighted by molar-refractivity contribution is -0.115. The minimum Gasteiger partial charge on any atom is -0.323 e. The number of sulfonamides is 1. The van der Waals surface area contributed by atoms with Crippen molar-refractivity contribution in [3.63, 3.8) is 0 Å². The van der Waals surface area contributed by atoms with E-state index in [1.807, 2.05) is 31.2 Å². The van der Waals surface area contributed by atoms with E-state index >= 15 is 0 Å². The Morgan fingerprint density at radius 3 is 2.44 bits per heavy atom. The van der Waals surface area contributed by atoms with Crippen LogP contribution >= 0.6 is 0 Å². The van der Waals surface area contributed by atoms with Crippen molar-refractivity contribution in [3.05, 3.63) is 89.5 Å². The van der Waals surface area contributed by atoms with Crippen molar-refractivity contribution in [2.75, 3.05) is 27.3 Å². The maximum Gasteiger partial charge on any atom is 0.258 e. The highest BCUT2D eigenvalue weighted by molar-refractivity contribution is 7.92. The van der Waals surface area contributed by atoms with Gasteiger partial charge in [-0.05, 0) is 54.4 Å². The van der Waals surface area contributed by atoms with Crippen LogP contribution in [0, 0.1) is 6.92 Å². The fraction of sp³-hybridized carbons (Fsp3) is 0.167. The van der Waals surface area contributed by atoms with Crippen LogP contribution in [0.1, 0.15) is 21.5 Å². The number of para-hydroxylation sites is 2. The highest BCUT2D eigenvalue weighted by Gasteiger charge is 2.27. The maximum atomic E-state index is 13.1. The first-order valence-electron chi connectivity index (χ1n) is 10.1. The third-order valence-electron chi connectivity index (χ3n) is 5.23. The van der Waals surface area contributed by atoms with Gasteiger partial charge in [0, 0.05) is 5.56 Å². The Morgan fingerprint density at radius 2 is 1.75 bits per heavy atom. The monoisotopic (exact) mass is 449 g/mol. The largest absolute Gasteiger partial charge is 0.323 e. The van der Waals surface area contributed by atoms with Crippen molar-refractivity contribution >= 4 is 38.9 Å². The Morgan fingerprint density at radius 1 is 1.03 bits per heavy atom. The average molecular weight is 450 g/mol. The second-order valence-corrected chi connectivity index (χ2v) is 9.67. The minimum absolute atomic E-state index is 0.0627. The van der Waals surface area contributed by atoms with Crippen LogP contribution in [-0.4, -0.2) is 33.0 Å². The SMILES string of the molecule is Cc1cccc(N(Cc2ccc(C(=O)N3CC(=O)Nc4ccccc43)cc2)S(C)(=O)=O)c1. The zero-order chi connectivity index (χ0) is 22.9. The molecule has 3 aromatic rings. The number of aryl methyl sites for hydroxylation is 1. The molecule has 0 aliphatic carbocycles. The van der Waals surface area contributed by atoms with E-state index in [2.05, 4.69) is 5.32 Å². The second-order valence-electron chi connectivity index (χ2n) is 7.76. The van der Waals surface area contributed by atoms with Gasteiger partial charge in [-0.25, -0.2) is 8.42 Å². The van der Waals surface area contributed by atoms with Crippen LogP contribution in [0.5, 0.6) is 0 Å². The number of amides is 2. The van der Waals surface area contributed by atoms with Crippen molar-refractivity contribution in [1.29, 1.82) is 0 Å². The fourth-order valence-electron chi connectivity index (χ4n) is 3.67. The summed E-state index contributed by atoms with van der Waals surface area (Å²) < 4.78 is 26.1. The summed E-state index contributed by atoms with van der Waals surface area (Å²) in [6, 6.07) is 21.2. The molecule has 0 aromatic heterocycles. The Kier molecular flexibility index (Phi) is 5.71. The molecule has 32 heavy (non-hydrogen) atoms. The van der Waals surface area contributed by atoms with Crippen LogP contribution in [0.25, 0.3) is 0 Å². The number of nitrogens with zero attached hydrogens (tertiary/aromatic N) is 2. The van der Waals surface area contributed by atoms with Crippen LogP contribution in [0.15, 0.2) is 72.8 Å². The van der Waals surface area contributed by atoms with E-state index in [1.165, 1.54) is 15.5 Å². The molecule has 164 valence electrons. The van der Waals surface area contributed by atoms with Gasteiger partial charge in [-0.2, -0.15) is 0 Å². The van der Waals surface area contributed by atoms with Gasteiger partial charge in [0.1, 0.15) is 6.54 Å². The lowest BCUT2D eigenvalue weighted by Crippen LogP contribution is -2.42. The van der Waals surface area contributed by atoms with Gasteiger partial charge in [0.05, 0.1) is 29.9 Å². The smallest absolute Gasteiger partial charge is 0.258 e. The number of rotatable bonds is 5. The molecule has 0 bridgehead atoms. The highest BCUT2D eigenvalue weighted by Crippen LogP contribution is 2.30. The summed E-state index contributed by atoms with van der Waals surface area (Å²) in [5.41, 5.74) is 3.94. The third kappa shape index (κ3) is 4.50. The summed E-state index contributed by atoms with van der Waals surface area (Å²) >= 11 is 0. The average Bonchev–Trinajstić information content (AvgIpc) is 2.76. The highest BCUT2D eigenvalue weighted by atomic mass is 32.2. The van der Waals surface area contributed by atoms with Crippen LogP contribution in [0.2, 0.25) is 0 Å². The number of fused-ring (bicyclic) bond motifs is 1. The van der Waals surface area contributed by atoms with Crippen LogP contribution in [0.3, 0.4) is 0 Å². The van der Waals surface area contributed by atoms with Crippen LogP contribution in [0.4, 0.5) is 17.1 Å². The van der Waals surface area contributed by atoms with E-state index in [9.17, 15) is 18.0 Å². The second kappa shape index (κ2) is 8.47. The molecule has 1 heterocycles. The number of benzene rings is 3. The molecular formula is C24H23N3O4S. The van der Waals surface area contributed by atoms with Crippen molar-refractivity contribution in [1.82, 2.24) is 0 Å². The number of hydrogen-bond donors (Lipinski definition) is 1. The van der Waals surface area contributed by atoms with Gasteiger partial charge in [0.15, 0.2) is 0 Å². The summed E-state index contributed by atoms with van der Waals surface area (Å²) in [6.07, 6.45) is 1.17. The zero-order valence-corrected chi connectivity index (χ0v) is 18.6. The molecule has 0 fully saturated rings. The van der Waals surface area contributed by atoms with Gasteiger partial charge < -0.3 is 5.32 Å². The summed E-state index contributed by atoms with van der Waals surface area (Å²) in [7, 11) is -3.50. The first-order chi connectivity index (χ1) is 15.2. The van der Waals surface area contributed by atoms with E-state index in [1.54, 1.807) is 48.5 Å². The standard InChI is InChI=1S/C24H23N3O4S/c1-17-6-5-7-20(14-17)27(32(2,30)31)15-18-10-12-19(13-11-18)24(29)26-16-23(28)25-21-8-3-4-9-22(21)26/h3-14H,15-16H2,1-2H3,(H,25,28). The molecule has 1 aliphatic rings. The van der Waals surface area contributed by atoms with Crippen molar-refractivity contribution in [2.45, 2.75) is 13.5 Å². The van der Waals surface area contributed by atoms with Gasteiger partial charge >= 0.3 is 0 Å². The Bertz CT molecular complexity index is 1290. The van der Waals surface area contributed by atoms with Gasteiger partial charge in [-0.1, -0.05) is 36.4 Å². The van der Waals surface area contributed by atoms with E-state index < -0.39 is 10.0 Å². The summed E-state index contributed by atoms with van der Waals surface area (Å²) in [6.45, 7) is 1.99. The Hall–Kier alpha value is -3.65. The molecule has 0 atom stereocenters. The molecule has 7 nitrogen and oxygen atoms in total. The number of nitrogens with one attached hydrogen (secondary N) is 1. The van der Waals surface area contributed by atoms with Crippen molar-refractivity contribution in [2.24, 2.45) is 0 Å². The normalized spacial score (nSPS) is 13.3. The quantitative estimate of drug-likeness (QED) is 0.645. The van der Waals surface area contributed by atoms with Crippen molar-refractivity contribution < 1.29 is 18.0 Å². The summed E-state index contributed by atoms with van der Waals surface area (Å²) in [4.78, 5) is 26.6. The number of hydrogen-bond acceptors (Lipinski definition) is 4. The van der Waals surface area contributed by atoms with E-state index in [-0.39, 0.29) is 24.9 Å². The lowest BCUT2D eigenvalue weighted by Gasteiger charge is -2.29. The molecule has 0 unspecified atom stereocenters. The van der Waals surface area contributed by atoms with Gasteiger partial charge in [-0.3, -0.25) is 18.8 Å². The topological polar surface area (TPSA) is 86.8 Å². The molecule has 0 radical (unpaired) electrons. The molecule has 1 N–H and O–H groups in total. The zero-order valence-electron chi connectivity index (χ0n) is 17.8. The molecule has 2 amide bonds. The minimum atomic E-state index is -3.50. The molecule has 1 aliphatic heterocycles. The molecule has 8 heteroatoms. The first-order valence-corrected chi connectivity index (χ1v) is 11.9. The number of carbonyl (C=O) groups excluding carboxylic acids is 2. The predicted molar refractivity (Wildman–Crippen MR) is 125 cm³/mol. The van der Waals surface area contributed by atoms with Crippen LogP contribution in [-0.2, 0) is 21.4 Å². The van der Waals surface area contributed by atoms with Gasteiger partial charge in [-0.15, -0.1) is 0 Å². The molecule has 4 rings (SSSR count). The fourth-order valence-corrected chi connectivity index (χ4v) is 4.55. The van der Waals surface area contributed by atoms with E-state index in [0.29, 0.717) is 22.6 Å². The third-order valence-corrected chi connectivity index (χ3v) is 6.37. The molecule has 0 saturated heterocycles.